The van der Waals surface area contributed by atoms with Crippen molar-refractivity contribution in [2.24, 2.45) is 0 Å². The van der Waals surface area contributed by atoms with Gasteiger partial charge in [-0.15, -0.1) is 0 Å². The molecule has 0 radical (unpaired) electrons. The van der Waals surface area contributed by atoms with Crippen molar-refractivity contribution in [3.63, 3.8) is 0 Å². The summed E-state index contributed by atoms with van der Waals surface area (Å²) in [6, 6.07) is 19.9. The third-order valence-corrected chi connectivity index (χ3v) is 6.15. The molecule has 0 atom stereocenters. The van der Waals surface area contributed by atoms with Crippen molar-refractivity contribution in [2.75, 3.05) is 5.32 Å². The molecule has 0 aliphatic heterocycles. The maximum absolute atomic E-state index is 13.0. The van der Waals surface area contributed by atoms with Gasteiger partial charge in [-0.2, -0.15) is 14.6 Å². The Morgan fingerprint density at radius 2 is 1.75 bits per heavy atom. The number of amides is 1. The molecule has 2 N–H and O–H groups in total. The van der Waals surface area contributed by atoms with E-state index in [1.54, 1.807) is 18.5 Å². The number of hydrogen-bond acceptors (Lipinski definition) is 5. The van der Waals surface area contributed by atoms with Gasteiger partial charge in [0, 0.05) is 23.6 Å². The number of hydrogen-bond donors (Lipinski definition) is 2. The van der Waals surface area contributed by atoms with Crippen LogP contribution in [0.2, 0.25) is 0 Å². The average molecular weight is 482 g/mol. The molecule has 3 heterocycles. The number of rotatable bonds is 7. The Kier molecular flexibility index (Phi) is 6.20. The summed E-state index contributed by atoms with van der Waals surface area (Å²) in [5, 5.41) is 10.7. The zero-order valence-corrected chi connectivity index (χ0v) is 20.4. The van der Waals surface area contributed by atoms with E-state index in [0.717, 1.165) is 22.4 Å². The summed E-state index contributed by atoms with van der Waals surface area (Å²) in [7, 11) is 0. The number of anilines is 1. The predicted octanol–water partition coefficient (Wildman–Crippen LogP) is 3.83. The summed E-state index contributed by atoms with van der Waals surface area (Å²) in [4.78, 5) is 34.5. The number of benzene rings is 2. The van der Waals surface area contributed by atoms with Crippen molar-refractivity contribution in [3.8, 4) is 11.3 Å². The standard InChI is InChI=1S/C27H27N7O2/c1-17-9-7-8-12-21(17)23-15-24(33(32-23)16-20-10-5-4-6-11-20)30-25(35)14-13-22-18(2)28-27-29-19(3)31-34(27)26(22)36/h4-12,15H,13-14,16H2,1-3H3,(H,30,35)(H,28,29,31). The third-order valence-electron chi connectivity index (χ3n) is 6.15. The monoisotopic (exact) mass is 481 g/mol. The first-order valence-electron chi connectivity index (χ1n) is 11.8. The van der Waals surface area contributed by atoms with E-state index in [0.29, 0.717) is 35.2 Å². The smallest absolute Gasteiger partial charge is 0.277 e. The molecule has 182 valence electrons. The molecule has 3 aromatic heterocycles. The average Bonchev–Trinajstić information content (AvgIpc) is 3.42. The van der Waals surface area contributed by atoms with Crippen molar-refractivity contribution in [1.29, 1.82) is 0 Å². The molecule has 1 amide bonds. The lowest BCUT2D eigenvalue weighted by Gasteiger charge is -2.09. The molecule has 5 rings (SSSR count). The fourth-order valence-corrected chi connectivity index (χ4v) is 4.28. The zero-order valence-electron chi connectivity index (χ0n) is 20.4. The van der Waals surface area contributed by atoms with Gasteiger partial charge < -0.3 is 5.32 Å². The van der Waals surface area contributed by atoms with Crippen LogP contribution >= 0.6 is 0 Å². The minimum atomic E-state index is -0.234. The topological polar surface area (TPSA) is 110 Å². The number of aromatic amines is 1. The van der Waals surface area contributed by atoms with Crippen LogP contribution in [-0.4, -0.2) is 35.3 Å². The summed E-state index contributed by atoms with van der Waals surface area (Å²) in [5.41, 5.74) is 4.81. The first-order chi connectivity index (χ1) is 17.4. The summed E-state index contributed by atoms with van der Waals surface area (Å²) in [5.74, 6) is 1.33. The number of nitrogens with zero attached hydrogens (tertiary/aromatic N) is 5. The molecule has 0 saturated carbocycles. The second-order valence-corrected chi connectivity index (χ2v) is 8.85. The molecule has 0 aliphatic rings. The van der Waals surface area contributed by atoms with E-state index < -0.39 is 0 Å². The van der Waals surface area contributed by atoms with E-state index in [1.165, 1.54) is 4.52 Å². The molecular weight excluding hydrogens is 454 g/mol. The highest BCUT2D eigenvalue weighted by atomic mass is 16.2. The lowest BCUT2D eigenvalue weighted by atomic mass is 10.1. The number of carbonyl (C=O) groups excluding carboxylic acids is 1. The molecule has 5 aromatic rings. The first kappa shape index (κ1) is 23.2. The van der Waals surface area contributed by atoms with E-state index >= 15 is 0 Å². The Bertz CT molecular complexity index is 1610. The highest BCUT2D eigenvalue weighted by Gasteiger charge is 2.17. The summed E-state index contributed by atoms with van der Waals surface area (Å²) >= 11 is 0. The Morgan fingerprint density at radius 3 is 2.53 bits per heavy atom. The molecule has 9 heteroatoms. The Balaban J connectivity index is 1.39. The number of carbonyl (C=O) groups is 1. The fourth-order valence-electron chi connectivity index (χ4n) is 4.28. The van der Waals surface area contributed by atoms with Gasteiger partial charge in [0.1, 0.15) is 11.6 Å². The van der Waals surface area contributed by atoms with Gasteiger partial charge in [0.2, 0.25) is 5.91 Å². The van der Waals surface area contributed by atoms with Crippen LogP contribution in [0.5, 0.6) is 0 Å². The van der Waals surface area contributed by atoms with Crippen molar-refractivity contribution in [2.45, 2.75) is 40.2 Å². The van der Waals surface area contributed by atoms with Crippen LogP contribution in [-0.2, 0) is 17.8 Å². The number of aromatic nitrogens is 6. The van der Waals surface area contributed by atoms with E-state index in [2.05, 4.69) is 20.4 Å². The molecule has 9 nitrogen and oxygen atoms in total. The van der Waals surface area contributed by atoms with Gasteiger partial charge >= 0.3 is 0 Å². The largest absolute Gasteiger partial charge is 0.311 e. The quantitative estimate of drug-likeness (QED) is 0.367. The Hall–Kier alpha value is -4.53. The van der Waals surface area contributed by atoms with Crippen LogP contribution in [0.15, 0.2) is 65.5 Å². The number of aryl methyl sites for hydroxylation is 3. The first-order valence-corrected chi connectivity index (χ1v) is 11.8. The van der Waals surface area contributed by atoms with Gasteiger partial charge in [-0.1, -0.05) is 54.6 Å². The second-order valence-electron chi connectivity index (χ2n) is 8.85. The Morgan fingerprint density at radius 1 is 1.00 bits per heavy atom. The van der Waals surface area contributed by atoms with E-state index in [9.17, 15) is 9.59 Å². The summed E-state index contributed by atoms with van der Waals surface area (Å²) in [6.07, 6.45) is 0.398. The highest BCUT2D eigenvalue weighted by molar-refractivity contribution is 5.90. The van der Waals surface area contributed by atoms with Crippen LogP contribution in [0.1, 0.15) is 34.6 Å². The molecule has 2 aromatic carbocycles. The van der Waals surface area contributed by atoms with E-state index in [4.69, 9.17) is 5.10 Å². The van der Waals surface area contributed by atoms with Gasteiger partial charge in [-0.25, -0.2) is 9.67 Å². The van der Waals surface area contributed by atoms with Crippen molar-refractivity contribution in [3.05, 3.63) is 99.2 Å². The molecule has 0 spiro atoms. The molecule has 0 bridgehead atoms. The van der Waals surface area contributed by atoms with Crippen molar-refractivity contribution >= 4 is 17.5 Å². The maximum atomic E-state index is 13.0. The lowest BCUT2D eigenvalue weighted by molar-refractivity contribution is -0.116. The lowest BCUT2D eigenvalue weighted by Crippen LogP contribution is -2.24. The normalized spacial score (nSPS) is 11.2. The highest BCUT2D eigenvalue weighted by Crippen LogP contribution is 2.26. The number of H-pyrrole nitrogens is 1. The third kappa shape index (κ3) is 4.68. The van der Waals surface area contributed by atoms with Crippen LogP contribution in [0.3, 0.4) is 0 Å². The number of fused-ring (bicyclic) bond motifs is 1. The van der Waals surface area contributed by atoms with Gasteiger partial charge in [0.15, 0.2) is 0 Å². The zero-order chi connectivity index (χ0) is 25.2. The minimum absolute atomic E-state index is 0.132. The van der Waals surface area contributed by atoms with E-state index in [1.807, 2.05) is 67.6 Å². The molecule has 36 heavy (non-hydrogen) atoms. The number of nitrogens with one attached hydrogen (secondary N) is 2. The summed E-state index contributed by atoms with van der Waals surface area (Å²) < 4.78 is 3.12. The van der Waals surface area contributed by atoms with Crippen LogP contribution in [0, 0.1) is 20.8 Å². The minimum Gasteiger partial charge on any atom is -0.311 e. The molecule has 0 unspecified atom stereocenters. The Labute approximate surface area is 207 Å². The van der Waals surface area contributed by atoms with Crippen LogP contribution in [0.25, 0.3) is 17.0 Å². The van der Waals surface area contributed by atoms with Gasteiger partial charge in [0.05, 0.1) is 17.9 Å². The molecule has 0 aliphatic carbocycles. The maximum Gasteiger partial charge on any atom is 0.277 e. The molecular formula is C27H27N7O2. The summed E-state index contributed by atoms with van der Waals surface area (Å²) in [6.45, 7) is 6.08. The van der Waals surface area contributed by atoms with Gasteiger partial charge in [0.25, 0.3) is 11.3 Å². The molecule has 0 fully saturated rings. The second kappa shape index (κ2) is 9.61. The van der Waals surface area contributed by atoms with Crippen LogP contribution in [0.4, 0.5) is 5.82 Å². The van der Waals surface area contributed by atoms with Crippen molar-refractivity contribution < 1.29 is 4.79 Å². The van der Waals surface area contributed by atoms with E-state index in [-0.39, 0.29) is 24.3 Å². The predicted molar refractivity (Wildman–Crippen MR) is 138 cm³/mol. The van der Waals surface area contributed by atoms with Crippen LogP contribution < -0.4 is 10.9 Å². The molecule has 0 saturated heterocycles. The fraction of sp³-hybridized carbons (Fsp3) is 0.222. The van der Waals surface area contributed by atoms with Gasteiger partial charge in [-0.05, 0) is 38.3 Å². The van der Waals surface area contributed by atoms with Crippen molar-refractivity contribution in [1.82, 2.24) is 29.4 Å². The van der Waals surface area contributed by atoms with Gasteiger partial charge in [-0.3, -0.25) is 14.7 Å². The SMILES string of the molecule is Cc1nc2nc(C)c(CCC(=O)Nc3cc(-c4ccccc4C)nn3Cc3ccccc3)c(=O)n2[nH]1.